The molecule has 3 rings (SSSR count). The number of nitrogens with zero attached hydrogens (tertiary/aromatic N) is 2. The number of nitrogen functional groups attached to an aromatic ring is 1. The third-order valence-corrected chi connectivity index (χ3v) is 5.02. The van der Waals surface area contributed by atoms with Gasteiger partial charge in [0.2, 0.25) is 0 Å². The topological polar surface area (TPSA) is 80.4 Å². The summed E-state index contributed by atoms with van der Waals surface area (Å²) < 4.78 is 0. The summed E-state index contributed by atoms with van der Waals surface area (Å²) in [7, 11) is 0. The average Bonchev–Trinajstić information content (AvgIpc) is 3.14. The highest BCUT2D eigenvalue weighted by Gasteiger charge is 2.14. The van der Waals surface area contributed by atoms with E-state index >= 15 is 0 Å². The molecule has 0 spiro atoms. The SMILES string of the molecule is Cc1nc(/C=N\NC(=O)c2sc(-c3ccccc3)cc2N)cs1. The molecule has 3 aromatic rings. The first-order chi connectivity index (χ1) is 11.1. The number of carbonyl (C=O) groups excluding carboxylic acids is 1. The second kappa shape index (κ2) is 6.72. The third kappa shape index (κ3) is 3.64. The number of carbonyl (C=O) groups is 1. The van der Waals surface area contributed by atoms with Crippen LogP contribution in [-0.2, 0) is 0 Å². The lowest BCUT2D eigenvalue weighted by Crippen LogP contribution is -2.17. The number of amides is 1. The summed E-state index contributed by atoms with van der Waals surface area (Å²) in [6.45, 7) is 1.91. The molecular weight excluding hydrogens is 328 g/mol. The number of thiophene rings is 1. The number of hydrogen-bond donors (Lipinski definition) is 2. The van der Waals surface area contributed by atoms with E-state index in [0.717, 1.165) is 21.1 Å². The van der Waals surface area contributed by atoms with E-state index in [1.54, 1.807) is 0 Å². The standard InChI is InChI=1S/C16H14N4OS2/c1-10-19-12(9-22-10)8-18-20-16(21)15-13(17)7-14(23-15)11-5-3-2-4-6-11/h2-9H,17H2,1H3,(H,20,21)/b18-8-. The highest BCUT2D eigenvalue weighted by molar-refractivity contribution is 7.18. The molecule has 116 valence electrons. The van der Waals surface area contributed by atoms with Crippen molar-refractivity contribution in [2.24, 2.45) is 5.10 Å². The van der Waals surface area contributed by atoms with Crippen molar-refractivity contribution in [2.45, 2.75) is 6.92 Å². The third-order valence-electron chi connectivity index (χ3n) is 3.03. The maximum atomic E-state index is 12.2. The van der Waals surface area contributed by atoms with Crippen LogP contribution in [0.4, 0.5) is 5.69 Å². The van der Waals surface area contributed by atoms with E-state index < -0.39 is 0 Å². The largest absolute Gasteiger partial charge is 0.397 e. The molecule has 0 aliphatic carbocycles. The summed E-state index contributed by atoms with van der Waals surface area (Å²) in [4.78, 5) is 17.8. The summed E-state index contributed by atoms with van der Waals surface area (Å²) in [6.07, 6.45) is 1.52. The fraction of sp³-hybridized carbons (Fsp3) is 0.0625. The number of benzene rings is 1. The molecule has 0 unspecified atom stereocenters. The molecule has 2 aromatic heterocycles. The van der Waals surface area contributed by atoms with Gasteiger partial charge in [0.05, 0.1) is 22.6 Å². The van der Waals surface area contributed by atoms with Gasteiger partial charge in [0, 0.05) is 10.3 Å². The molecule has 1 amide bonds. The zero-order valence-corrected chi connectivity index (χ0v) is 13.9. The molecule has 5 nitrogen and oxygen atoms in total. The first-order valence-electron chi connectivity index (χ1n) is 6.84. The maximum absolute atomic E-state index is 12.2. The second-order valence-corrected chi connectivity index (χ2v) is 6.87. The Labute approximate surface area is 141 Å². The summed E-state index contributed by atoms with van der Waals surface area (Å²) in [5, 5.41) is 6.75. The first-order valence-corrected chi connectivity index (χ1v) is 8.53. The molecule has 0 aliphatic rings. The lowest BCUT2D eigenvalue weighted by molar-refractivity contribution is 0.0960. The van der Waals surface area contributed by atoms with E-state index in [9.17, 15) is 4.79 Å². The van der Waals surface area contributed by atoms with Crippen molar-refractivity contribution in [3.63, 3.8) is 0 Å². The maximum Gasteiger partial charge on any atom is 0.283 e. The molecular formula is C16H14N4OS2. The van der Waals surface area contributed by atoms with Crippen LogP contribution in [0.1, 0.15) is 20.4 Å². The molecule has 0 radical (unpaired) electrons. The van der Waals surface area contributed by atoms with Crippen molar-refractivity contribution in [3.05, 3.63) is 57.4 Å². The second-order valence-electron chi connectivity index (χ2n) is 4.75. The number of anilines is 1. The Bertz CT molecular complexity index is 852. The molecule has 0 bridgehead atoms. The van der Waals surface area contributed by atoms with Crippen LogP contribution in [-0.4, -0.2) is 17.1 Å². The monoisotopic (exact) mass is 342 g/mol. The quantitative estimate of drug-likeness (QED) is 0.562. The predicted octanol–water partition coefficient (Wildman–Crippen LogP) is 3.53. The Balaban J connectivity index is 1.73. The van der Waals surface area contributed by atoms with Crippen molar-refractivity contribution >= 4 is 40.5 Å². The Morgan fingerprint density at radius 3 is 2.83 bits per heavy atom. The minimum atomic E-state index is -0.321. The molecule has 1 aromatic carbocycles. The summed E-state index contributed by atoms with van der Waals surface area (Å²) in [6, 6.07) is 11.6. The van der Waals surface area contributed by atoms with Crippen molar-refractivity contribution in [3.8, 4) is 10.4 Å². The molecule has 0 fully saturated rings. The predicted molar refractivity (Wildman–Crippen MR) is 96.1 cm³/mol. The molecule has 2 heterocycles. The minimum absolute atomic E-state index is 0.321. The number of hydrogen-bond acceptors (Lipinski definition) is 6. The van der Waals surface area contributed by atoms with Gasteiger partial charge in [-0.05, 0) is 18.6 Å². The van der Waals surface area contributed by atoms with Crippen molar-refractivity contribution in [2.75, 3.05) is 5.73 Å². The van der Waals surface area contributed by atoms with Gasteiger partial charge in [0.1, 0.15) is 4.88 Å². The first kappa shape index (κ1) is 15.4. The molecule has 23 heavy (non-hydrogen) atoms. The van der Waals surface area contributed by atoms with Crippen LogP contribution >= 0.6 is 22.7 Å². The molecule has 0 saturated carbocycles. The fourth-order valence-corrected chi connectivity index (χ4v) is 3.51. The smallest absolute Gasteiger partial charge is 0.283 e. The highest BCUT2D eigenvalue weighted by Crippen LogP contribution is 2.32. The lowest BCUT2D eigenvalue weighted by atomic mass is 10.2. The van der Waals surface area contributed by atoms with Gasteiger partial charge in [-0.15, -0.1) is 22.7 Å². The summed E-state index contributed by atoms with van der Waals surface area (Å²) >= 11 is 2.88. The van der Waals surface area contributed by atoms with Crippen LogP contribution in [0.5, 0.6) is 0 Å². The van der Waals surface area contributed by atoms with Gasteiger partial charge >= 0.3 is 0 Å². The number of thiazole rings is 1. The van der Waals surface area contributed by atoms with Gasteiger partial charge in [-0.25, -0.2) is 10.4 Å². The normalized spacial score (nSPS) is 11.0. The molecule has 0 atom stereocenters. The Kier molecular flexibility index (Phi) is 4.50. The Morgan fingerprint density at radius 2 is 2.13 bits per heavy atom. The highest BCUT2D eigenvalue weighted by atomic mass is 32.1. The van der Waals surface area contributed by atoms with Crippen LogP contribution in [0, 0.1) is 6.92 Å². The summed E-state index contributed by atoms with van der Waals surface area (Å²) in [5.41, 5.74) is 10.6. The van der Waals surface area contributed by atoms with Gasteiger partial charge in [-0.3, -0.25) is 4.79 Å². The zero-order chi connectivity index (χ0) is 16.2. The van der Waals surface area contributed by atoms with Crippen molar-refractivity contribution in [1.82, 2.24) is 10.4 Å². The number of rotatable bonds is 4. The van der Waals surface area contributed by atoms with Gasteiger partial charge in [-0.2, -0.15) is 5.10 Å². The van der Waals surface area contributed by atoms with E-state index in [4.69, 9.17) is 5.73 Å². The van der Waals surface area contributed by atoms with Crippen LogP contribution in [0.2, 0.25) is 0 Å². The van der Waals surface area contributed by atoms with Crippen molar-refractivity contribution in [1.29, 1.82) is 0 Å². The number of aromatic nitrogens is 1. The number of nitrogens with one attached hydrogen (secondary N) is 1. The van der Waals surface area contributed by atoms with E-state index in [1.165, 1.54) is 28.9 Å². The van der Waals surface area contributed by atoms with Gasteiger partial charge in [0.15, 0.2) is 0 Å². The summed E-state index contributed by atoms with van der Waals surface area (Å²) in [5.74, 6) is -0.321. The Morgan fingerprint density at radius 1 is 1.35 bits per heavy atom. The van der Waals surface area contributed by atoms with E-state index in [0.29, 0.717) is 10.6 Å². The van der Waals surface area contributed by atoms with E-state index in [1.807, 2.05) is 48.7 Å². The molecule has 0 saturated heterocycles. The zero-order valence-electron chi connectivity index (χ0n) is 12.3. The van der Waals surface area contributed by atoms with Crippen LogP contribution in [0.15, 0.2) is 46.9 Å². The van der Waals surface area contributed by atoms with Crippen molar-refractivity contribution < 1.29 is 4.79 Å². The number of aryl methyl sites for hydroxylation is 1. The van der Waals surface area contributed by atoms with E-state index in [2.05, 4.69) is 15.5 Å². The molecule has 3 N–H and O–H groups in total. The van der Waals surface area contributed by atoms with Gasteiger partial charge < -0.3 is 5.73 Å². The Hall–Kier alpha value is -2.51. The fourth-order valence-electron chi connectivity index (χ4n) is 1.97. The number of hydrazone groups is 1. The van der Waals surface area contributed by atoms with Crippen LogP contribution in [0.3, 0.4) is 0 Å². The number of nitrogens with two attached hydrogens (primary N) is 1. The minimum Gasteiger partial charge on any atom is -0.397 e. The average molecular weight is 342 g/mol. The molecule has 0 aliphatic heterocycles. The van der Waals surface area contributed by atoms with E-state index in [-0.39, 0.29) is 5.91 Å². The van der Waals surface area contributed by atoms with Crippen LogP contribution in [0.25, 0.3) is 10.4 Å². The van der Waals surface area contributed by atoms with Crippen LogP contribution < -0.4 is 11.2 Å². The molecule has 7 heteroatoms. The van der Waals surface area contributed by atoms with Gasteiger partial charge in [0.25, 0.3) is 5.91 Å². The van der Waals surface area contributed by atoms with Gasteiger partial charge in [-0.1, -0.05) is 30.3 Å². The lowest BCUT2D eigenvalue weighted by Gasteiger charge is -1.97.